The zero-order chi connectivity index (χ0) is 21.8. The lowest BCUT2D eigenvalue weighted by molar-refractivity contribution is -0.133. The maximum atomic E-state index is 13.0. The van der Waals surface area contributed by atoms with Crippen LogP contribution in [-0.4, -0.2) is 72.8 Å². The largest absolute Gasteiger partial charge is 0.326 e. The highest BCUT2D eigenvalue weighted by Crippen LogP contribution is 2.28. The van der Waals surface area contributed by atoms with Crippen LogP contribution < -0.4 is 5.32 Å². The van der Waals surface area contributed by atoms with Crippen LogP contribution in [0.1, 0.15) is 45.1 Å². The van der Waals surface area contributed by atoms with E-state index in [1.54, 1.807) is 0 Å². The molecule has 166 valence electrons. The molecule has 0 spiro atoms. The molecule has 1 N–H and O–H groups in total. The van der Waals surface area contributed by atoms with Gasteiger partial charge in [0.05, 0.1) is 12.4 Å². The summed E-state index contributed by atoms with van der Waals surface area (Å²) < 4.78 is 26.9. The fraction of sp³-hybridized carbons (Fsp3) is 0.619. The molecule has 9 heteroatoms. The number of benzene rings is 1. The van der Waals surface area contributed by atoms with Gasteiger partial charge in [0, 0.05) is 26.2 Å². The summed E-state index contributed by atoms with van der Waals surface area (Å²) in [5.74, 6) is -0.174. The molecule has 1 aromatic rings. The lowest BCUT2D eigenvalue weighted by Gasteiger charge is -2.35. The Balaban J connectivity index is 1.58. The maximum Gasteiger partial charge on any atom is 0.326 e. The lowest BCUT2D eigenvalue weighted by atomic mass is 9.89. The Morgan fingerprint density at radius 3 is 2.13 bits per heavy atom. The molecule has 2 fully saturated rings. The van der Waals surface area contributed by atoms with Crippen LogP contribution in [-0.2, 0) is 20.6 Å². The number of hydrogen-bond acceptors (Lipinski definition) is 5. The molecule has 0 unspecified atom stereocenters. The van der Waals surface area contributed by atoms with Crippen molar-refractivity contribution < 1.29 is 18.0 Å². The molecule has 8 nitrogen and oxygen atoms in total. The third-order valence-corrected chi connectivity index (χ3v) is 7.71. The Morgan fingerprint density at radius 2 is 1.57 bits per heavy atom. The van der Waals surface area contributed by atoms with Gasteiger partial charge in [-0.2, -0.15) is 4.31 Å². The van der Waals surface area contributed by atoms with E-state index in [4.69, 9.17) is 0 Å². The van der Waals surface area contributed by atoms with Crippen LogP contribution in [0.3, 0.4) is 0 Å². The van der Waals surface area contributed by atoms with Gasteiger partial charge >= 0.3 is 6.03 Å². The number of sulfonamides is 1. The predicted molar refractivity (Wildman–Crippen MR) is 115 cm³/mol. The first kappa shape index (κ1) is 22.7. The van der Waals surface area contributed by atoms with E-state index in [0.717, 1.165) is 18.4 Å². The number of nitrogens with one attached hydrogen (secondary N) is 1. The third kappa shape index (κ3) is 4.84. The van der Waals surface area contributed by atoms with Crippen LogP contribution >= 0.6 is 0 Å². The van der Waals surface area contributed by atoms with Crippen molar-refractivity contribution >= 4 is 22.0 Å². The van der Waals surface area contributed by atoms with Gasteiger partial charge in [0.1, 0.15) is 5.54 Å². The van der Waals surface area contributed by atoms with E-state index in [2.05, 4.69) is 5.32 Å². The first-order valence-corrected chi connectivity index (χ1v) is 12.3. The molecule has 0 saturated carbocycles. The Labute approximate surface area is 179 Å². The van der Waals surface area contributed by atoms with E-state index in [-0.39, 0.29) is 24.4 Å². The maximum absolute atomic E-state index is 13.0. The first-order valence-electron chi connectivity index (χ1n) is 10.7. The Bertz CT molecular complexity index is 845. The summed E-state index contributed by atoms with van der Waals surface area (Å²) in [4.78, 5) is 28.8. The number of urea groups is 1. The second-order valence-electron chi connectivity index (χ2n) is 8.15. The van der Waals surface area contributed by atoms with E-state index < -0.39 is 15.6 Å². The predicted octanol–water partition coefficient (Wildman–Crippen LogP) is 1.98. The third-order valence-electron chi connectivity index (χ3n) is 5.86. The van der Waals surface area contributed by atoms with Crippen LogP contribution in [0, 0.1) is 0 Å². The molecular weight excluding hydrogens is 404 g/mol. The molecule has 3 rings (SSSR count). The quantitative estimate of drug-likeness (QED) is 0.598. The van der Waals surface area contributed by atoms with Crippen LogP contribution in [0.2, 0.25) is 0 Å². The van der Waals surface area contributed by atoms with Gasteiger partial charge < -0.3 is 5.32 Å². The minimum absolute atomic E-state index is 0.0165. The molecule has 0 atom stereocenters. The van der Waals surface area contributed by atoms with Crippen LogP contribution in [0.5, 0.6) is 0 Å². The van der Waals surface area contributed by atoms with E-state index in [0.29, 0.717) is 39.0 Å². The Hall–Kier alpha value is -1.97. The van der Waals surface area contributed by atoms with Crippen molar-refractivity contribution in [2.24, 2.45) is 0 Å². The normalized spacial score (nSPS) is 20.5. The van der Waals surface area contributed by atoms with Crippen molar-refractivity contribution in [2.45, 2.75) is 50.8 Å². The highest BCUT2D eigenvalue weighted by molar-refractivity contribution is 7.88. The van der Waals surface area contributed by atoms with E-state index in [1.165, 1.54) is 9.21 Å². The summed E-state index contributed by atoms with van der Waals surface area (Å²) in [6.45, 7) is 5.90. The van der Waals surface area contributed by atoms with Crippen molar-refractivity contribution in [1.82, 2.24) is 19.4 Å². The molecule has 0 aliphatic carbocycles. The summed E-state index contributed by atoms with van der Waals surface area (Å²) in [6.07, 6.45) is 2.90. The fourth-order valence-corrected chi connectivity index (χ4v) is 5.86. The summed E-state index contributed by atoms with van der Waals surface area (Å²) in [7, 11) is -3.40. The molecular formula is C21H32N4O4S. The molecule has 3 amide bonds. The Morgan fingerprint density at radius 1 is 0.967 bits per heavy atom. The summed E-state index contributed by atoms with van der Waals surface area (Å²) in [5.41, 5.74) is -0.0241. The number of carbonyl (C=O) groups excluding carboxylic acids is 2. The molecule has 2 aliphatic rings. The SMILES string of the molecule is CCCC1(CCC)NC(=O)N(CN2CCN(S(=O)(=O)Cc3ccccc3)CC2)C1=O. The minimum atomic E-state index is -3.40. The monoisotopic (exact) mass is 436 g/mol. The van der Waals surface area contributed by atoms with Gasteiger partial charge in [-0.3, -0.25) is 9.69 Å². The number of rotatable bonds is 9. The number of piperazine rings is 1. The van der Waals surface area contributed by atoms with Gasteiger partial charge in [-0.05, 0) is 18.4 Å². The molecule has 2 saturated heterocycles. The highest BCUT2D eigenvalue weighted by Gasteiger charge is 2.50. The molecule has 1 aromatic carbocycles. The second-order valence-corrected chi connectivity index (χ2v) is 10.1. The van der Waals surface area contributed by atoms with Gasteiger partial charge in [0.15, 0.2) is 0 Å². The van der Waals surface area contributed by atoms with E-state index >= 15 is 0 Å². The zero-order valence-corrected chi connectivity index (χ0v) is 18.7. The standard InChI is InChI=1S/C21H32N4O4S/c1-3-10-21(11-4-2)19(26)25(20(27)22-21)17-23-12-14-24(15-13-23)30(28,29)16-18-8-6-5-7-9-18/h5-9H,3-4,10-17H2,1-2H3,(H,22,27). The molecule has 2 aliphatic heterocycles. The highest BCUT2D eigenvalue weighted by atomic mass is 32.2. The molecule has 0 radical (unpaired) electrons. The molecule has 0 aromatic heterocycles. The van der Waals surface area contributed by atoms with Gasteiger partial charge in [-0.15, -0.1) is 0 Å². The van der Waals surface area contributed by atoms with Crippen LogP contribution in [0.25, 0.3) is 0 Å². The van der Waals surface area contributed by atoms with Gasteiger partial charge in [-0.1, -0.05) is 57.0 Å². The number of hydrogen-bond donors (Lipinski definition) is 1. The van der Waals surface area contributed by atoms with Crippen molar-refractivity contribution in [3.63, 3.8) is 0 Å². The van der Waals surface area contributed by atoms with Crippen LogP contribution in [0.15, 0.2) is 30.3 Å². The Kier molecular flexibility index (Phi) is 7.15. The van der Waals surface area contributed by atoms with E-state index in [9.17, 15) is 18.0 Å². The topological polar surface area (TPSA) is 90.0 Å². The van der Waals surface area contributed by atoms with Crippen molar-refractivity contribution in [2.75, 3.05) is 32.8 Å². The summed E-state index contributed by atoms with van der Waals surface area (Å²) in [5, 5.41) is 2.92. The zero-order valence-electron chi connectivity index (χ0n) is 17.8. The second kappa shape index (κ2) is 9.45. The van der Waals surface area contributed by atoms with Crippen molar-refractivity contribution in [3.8, 4) is 0 Å². The number of carbonyl (C=O) groups is 2. The number of amides is 3. The van der Waals surface area contributed by atoms with Crippen LogP contribution in [0.4, 0.5) is 4.79 Å². The summed E-state index contributed by atoms with van der Waals surface area (Å²) >= 11 is 0. The van der Waals surface area contributed by atoms with Crippen molar-refractivity contribution in [1.29, 1.82) is 0 Å². The lowest BCUT2D eigenvalue weighted by Crippen LogP contribution is -2.53. The first-order chi connectivity index (χ1) is 14.3. The van der Waals surface area contributed by atoms with Gasteiger partial charge in [0.2, 0.25) is 10.0 Å². The molecule has 30 heavy (non-hydrogen) atoms. The van der Waals surface area contributed by atoms with Gasteiger partial charge in [-0.25, -0.2) is 18.1 Å². The average Bonchev–Trinajstić information content (AvgIpc) is 2.94. The fourth-order valence-electron chi connectivity index (χ4n) is 4.35. The summed E-state index contributed by atoms with van der Waals surface area (Å²) in [6, 6.07) is 8.80. The molecule has 2 heterocycles. The average molecular weight is 437 g/mol. The smallest absolute Gasteiger partial charge is 0.323 e. The number of imide groups is 1. The van der Waals surface area contributed by atoms with E-state index in [1.807, 2.05) is 49.1 Å². The van der Waals surface area contributed by atoms with Gasteiger partial charge in [0.25, 0.3) is 5.91 Å². The minimum Gasteiger partial charge on any atom is -0.323 e. The number of nitrogens with zero attached hydrogens (tertiary/aromatic N) is 3. The van der Waals surface area contributed by atoms with Crippen molar-refractivity contribution in [3.05, 3.63) is 35.9 Å². The molecule has 0 bridgehead atoms.